The fraction of sp³-hybridized carbons (Fsp3) is 0.455. The minimum absolute atomic E-state index is 0.132. The summed E-state index contributed by atoms with van der Waals surface area (Å²) >= 11 is 0. The summed E-state index contributed by atoms with van der Waals surface area (Å²) in [5.74, 6) is -3.37. The van der Waals surface area contributed by atoms with Gasteiger partial charge in [0.25, 0.3) is 0 Å². The number of hydrogen-bond donors (Lipinski definition) is 1. The van der Waals surface area contributed by atoms with Gasteiger partial charge in [-0.2, -0.15) is 0 Å². The van der Waals surface area contributed by atoms with E-state index in [0.717, 1.165) is 6.07 Å². The van der Waals surface area contributed by atoms with Crippen LogP contribution in [0, 0.1) is 17.5 Å². The van der Waals surface area contributed by atoms with Gasteiger partial charge in [-0.15, -0.1) is 0 Å². The van der Waals surface area contributed by atoms with Crippen LogP contribution < -0.4 is 0 Å². The molecule has 2 nitrogen and oxygen atoms in total. The van der Waals surface area contributed by atoms with Gasteiger partial charge in [0, 0.05) is 37.7 Å². The van der Waals surface area contributed by atoms with Crippen LogP contribution in [0.3, 0.4) is 0 Å². The van der Waals surface area contributed by atoms with Crippen molar-refractivity contribution >= 4 is 0 Å². The van der Waals surface area contributed by atoms with Crippen LogP contribution in [0.2, 0.25) is 0 Å². The monoisotopic (exact) mass is 232 g/mol. The molecule has 0 spiro atoms. The molecule has 1 fully saturated rings. The topological polar surface area (TPSA) is 29.5 Å². The predicted molar refractivity (Wildman–Crippen MR) is 50.3 cm³/mol. The van der Waals surface area contributed by atoms with Crippen molar-refractivity contribution in [3.63, 3.8) is 0 Å². The molecule has 0 aliphatic carbocycles. The van der Waals surface area contributed by atoms with E-state index in [1.54, 1.807) is 0 Å². The van der Waals surface area contributed by atoms with Crippen LogP contribution in [0.15, 0.2) is 12.1 Å². The Balaban J connectivity index is 2.45. The zero-order chi connectivity index (χ0) is 11.8. The average molecular weight is 232 g/mol. The van der Waals surface area contributed by atoms with E-state index >= 15 is 0 Å². The third kappa shape index (κ3) is 1.92. The van der Waals surface area contributed by atoms with E-state index in [2.05, 4.69) is 0 Å². The molecule has 1 aromatic rings. The summed E-state index contributed by atoms with van der Waals surface area (Å²) in [5, 5.41) is 10.1. The summed E-state index contributed by atoms with van der Waals surface area (Å²) in [7, 11) is 0. The molecule has 0 atom stereocenters. The van der Waals surface area contributed by atoms with E-state index in [1.165, 1.54) is 0 Å². The molecule has 2 rings (SSSR count). The molecule has 0 amide bonds. The van der Waals surface area contributed by atoms with Crippen LogP contribution in [-0.4, -0.2) is 18.3 Å². The summed E-state index contributed by atoms with van der Waals surface area (Å²) in [6, 6.07) is 1.30. The fourth-order valence-corrected chi connectivity index (χ4v) is 1.87. The normalized spacial score (nSPS) is 19.8. The van der Waals surface area contributed by atoms with Gasteiger partial charge in [-0.1, -0.05) is 0 Å². The van der Waals surface area contributed by atoms with Gasteiger partial charge in [0.1, 0.15) is 5.82 Å². The van der Waals surface area contributed by atoms with Crippen molar-refractivity contribution in [2.45, 2.75) is 18.4 Å². The molecule has 1 saturated heterocycles. The van der Waals surface area contributed by atoms with Crippen LogP contribution in [-0.2, 0) is 10.3 Å². The number of ether oxygens (including phenoxy) is 1. The second-order valence-electron chi connectivity index (χ2n) is 3.89. The highest BCUT2D eigenvalue weighted by atomic mass is 19.2. The van der Waals surface area contributed by atoms with Crippen LogP contribution in [0.5, 0.6) is 0 Å². The summed E-state index contributed by atoms with van der Waals surface area (Å²) in [6.07, 6.45) is 0.264. The van der Waals surface area contributed by atoms with Crippen molar-refractivity contribution in [3.05, 3.63) is 35.1 Å². The molecule has 88 valence electrons. The second kappa shape index (κ2) is 4.07. The first kappa shape index (κ1) is 11.4. The van der Waals surface area contributed by atoms with Crippen molar-refractivity contribution in [3.8, 4) is 0 Å². The van der Waals surface area contributed by atoms with E-state index in [9.17, 15) is 18.3 Å². The molecule has 1 aliphatic heterocycles. The standard InChI is InChI=1S/C11H11F3O2/c12-7-5-8(10(14)9(13)6-7)11(15)1-3-16-4-2-11/h5-6,15H,1-4H2. The molecule has 1 N–H and O–H groups in total. The lowest BCUT2D eigenvalue weighted by Gasteiger charge is -2.32. The van der Waals surface area contributed by atoms with Gasteiger partial charge in [0.05, 0.1) is 5.60 Å². The van der Waals surface area contributed by atoms with Crippen molar-refractivity contribution in [1.29, 1.82) is 0 Å². The third-order valence-corrected chi connectivity index (χ3v) is 2.81. The minimum Gasteiger partial charge on any atom is -0.385 e. The van der Waals surface area contributed by atoms with Crippen LogP contribution in [0.25, 0.3) is 0 Å². The lowest BCUT2D eigenvalue weighted by molar-refractivity contribution is -0.0702. The highest BCUT2D eigenvalue weighted by Gasteiger charge is 2.35. The maximum atomic E-state index is 13.5. The van der Waals surface area contributed by atoms with E-state index in [0.29, 0.717) is 6.07 Å². The fourth-order valence-electron chi connectivity index (χ4n) is 1.87. The van der Waals surface area contributed by atoms with Gasteiger partial charge in [-0.3, -0.25) is 0 Å². The molecular formula is C11H11F3O2. The molecule has 0 bridgehead atoms. The number of halogens is 3. The zero-order valence-corrected chi connectivity index (χ0v) is 8.47. The van der Waals surface area contributed by atoms with Crippen LogP contribution in [0.4, 0.5) is 13.2 Å². The van der Waals surface area contributed by atoms with E-state index in [1.807, 2.05) is 0 Å². The molecule has 5 heteroatoms. The maximum Gasteiger partial charge on any atom is 0.165 e. The largest absolute Gasteiger partial charge is 0.385 e. The first-order valence-electron chi connectivity index (χ1n) is 4.98. The van der Waals surface area contributed by atoms with Gasteiger partial charge in [-0.25, -0.2) is 13.2 Å². The molecule has 0 saturated carbocycles. The Kier molecular flexibility index (Phi) is 2.90. The van der Waals surface area contributed by atoms with Gasteiger partial charge >= 0.3 is 0 Å². The Hall–Kier alpha value is -1.07. The van der Waals surface area contributed by atoms with Crippen molar-refractivity contribution in [1.82, 2.24) is 0 Å². The lowest BCUT2D eigenvalue weighted by atomic mass is 9.86. The SMILES string of the molecule is OC1(c2cc(F)cc(F)c2F)CCOCC1. The Morgan fingerprint density at radius 3 is 2.38 bits per heavy atom. The number of aliphatic hydroxyl groups is 1. The van der Waals surface area contributed by atoms with Gasteiger partial charge in [-0.05, 0) is 6.07 Å². The molecule has 0 aromatic heterocycles. The minimum atomic E-state index is -1.54. The second-order valence-corrected chi connectivity index (χ2v) is 3.89. The van der Waals surface area contributed by atoms with Crippen LogP contribution in [0.1, 0.15) is 18.4 Å². The first-order valence-corrected chi connectivity index (χ1v) is 4.98. The predicted octanol–water partition coefficient (Wildman–Crippen LogP) is 2.10. The number of rotatable bonds is 1. The maximum absolute atomic E-state index is 13.5. The average Bonchev–Trinajstić information content (AvgIpc) is 2.24. The third-order valence-electron chi connectivity index (χ3n) is 2.81. The van der Waals surface area contributed by atoms with Gasteiger partial charge < -0.3 is 9.84 Å². The number of benzene rings is 1. The van der Waals surface area contributed by atoms with Crippen molar-refractivity contribution in [2.24, 2.45) is 0 Å². The zero-order valence-electron chi connectivity index (χ0n) is 8.47. The Labute approximate surface area is 90.7 Å². The molecule has 0 unspecified atom stereocenters. The van der Waals surface area contributed by atoms with Crippen molar-refractivity contribution in [2.75, 3.05) is 13.2 Å². The lowest BCUT2D eigenvalue weighted by Crippen LogP contribution is -2.34. The van der Waals surface area contributed by atoms with Crippen molar-refractivity contribution < 1.29 is 23.0 Å². The Morgan fingerprint density at radius 1 is 1.12 bits per heavy atom. The summed E-state index contributed by atoms with van der Waals surface area (Å²) in [6.45, 7) is 0.488. The quantitative estimate of drug-likeness (QED) is 0.751. The van der Waals surface area contributed by atoms with Crippen LogP contribution >= 0.6 is 0 Å². The molecule has 1 aliphatic rings. The number of hydrogen-bond acceptors (Lipinski definition) is 2. The van der Waals surface area contributed by atoms with Gasteiger partial charge in [0.2, 0.25) is 0 Å². The highest BCUT2D eigenvalue weighted by Crippen LogP contribution is 2.34. The van der Waals surface area contributed by atoms with E-state index in [4.69, 9.17) is 4.74 Å². The molecule has 1 aromatic carbocycles. The molecule has 0 radical (unpaired) electrons. The summed E-state index contributed by atoms with van der Waals surface area (Å²) in [5.41, 5.74) is -1.86. The van der Waals surface area contributed by atoms with Gasteiger partial charge in [0.15, 0.2) is 11.6 Å². The molecule has 16 heavy (non-hydrogen) atoms. The van der Waals surface area contributed by atoms with E-state index < -0.39 is 23.1 Å². The molecular weight excluding hydrogens is 221 g/mol. The smallest absolute Gasteiger partial charge is 0.165 e. The first-order chi connectivity index (χ1) is 7.53. The molecule has 1 heterocycles. The summed E-state index contributed by atoms with van der Waals surface area (Å²) < 4.78 is 44.5. The highest BCUT2D eigenvalue weighted by molar-refractivity contribution is 5.26. The van der Waals surface area contributed by atoms with E-state index in [-0.39, 0.29) is 31.6 Å². The Morgan fingerprint density at radius 2 is 1.75 bits per heavy atom. The summed E-state index contributed by atoms with van der Waals surface area (Å²) in [4.78, 5) is 0. The Bertz CT molecular complexity index is 400.